The number of amides is 1. The number of aliphatic hydroxyl groups excluding tert-OH is 2. The van der Waals surface area contributed by atoms with Crippen molar-refractivity contribution in [3.8, 4) is 11.1 Å². The summed E-state index contributed by atoms with van der Waals surface area (Å²) in [6.45, 7) is 2.67. The molecule has 8 heteroatoms. The molecule has 0 aliphatic carbocycles. The molecule has 1 amide bonds. The van der Waals surface area contributed by atoms with E-state index in [2.05, 4.69) is 41.5 Å². The number of hydrogen-bond acceptors (Lipinski definition) is 7. The molecule has 0 radical (unpaired) electrons. The molecule has 3 aromatic carbocycles. The number of aliphatic hydroxyl groups is 2. The van der Waals surface area contributed by atoms with E-state index in [1.165, 1.54) is 0 Å². The Hall–Kier alpha value is -3.53. The van der Waals surface area contributed by atoms with Crippen LogP contribution in [0.25, 0.3) is 11.1 Å². The number of aromatic nitrogens is 1. The van der Waals surface area contributed by atoms with E-state index in [1.54, 1.807) is 36.3 Å². The van der Waals surface area contributed by atoms with Gasteiger partial charge in [-0.2, -0.15) is 11.8 Å². The maximum absolute atomic E-state index is 12.5. The summed E-state index contributed by atoms with van der Waals surface area (Å²) in [7, 11) is 0. The third kappa shape index (κ3) is 7.45. The highest BCUT2D eigenvalue weighted by molar-refractivity contribution is 7.99. The van der Waals surface area contributed by atoms with E-state index in [0.717, 1.165) is 39.1 Å². The molecule has 1 saturated heterocycles. The monoisotopic (exact) mass is 584 g/mol. The Morgan fingerprint density at radius 1 is 0.905 bits per heavy atom. The van der Waals surface area contributed by atoms with Crippen molar-refractivity contribution in [1.29, 1.82) is 0 Å². The first-order valence-electron chi connectivity index (χ1n) is 14.1. The smallest absolute Gasteiger partial charge is 0.253 e. The number of carbonyl (C=O) groups is 1. The molecule has 0 bridgehead atoms. The fourth-order valence-corrected chi connectivity index (χ4v) is 5.99. The number of ether oxygens (including phenoxy) is 2. The van der Waals surface area contributed by atoms with Gasteiger partial charge in [-0.05, 0) is 52.1 Å². The molecule has 3 N–H and O–H groups in total. The van der Waals surface area contributed by atoms with Crippen molar-refractivity contribution < 1.29 is 24.5 Å². The maximum Gasteiger partial charge on any atom is 0.253 e. The molecule has 2 heterocycles. The Bertz CT molecular complexity index is 1450. The topological polar surface area (TPSA) is 101 Å². The van der Waals surface area contributed by atoms with Gasteiger partial charge in [-0.3, -0.25) is 9.78 Å². The highest BCUT2D eigenvalue weighted by Crippen LogP contribution is 2.43. The van der Waals surface area contributed by atoms with Gasteiger partial charge in [0.2, 0.25) is 0 Å². The number of carbonyl (C=O) groups excluding carboxylic acids is 1. The minimum Gasteiger partial charge on any atom is -0.396 e. The lowest BCUT2D eigenvalue weighted by molar-refractivity contribution is -0.268. The van der Waals surface area contributed by atoms with Crippen LogP contribution in [0.5, 0.6) is 0 Å². The van der Waals surface area contributed by atoms with Crippen molar-refractivity contribution in [2.24, 2.45) is 5.92 Å². The molecule has 5 rings (SSSR count). The van der Waals surface area contributed by atoms with E-state index < -0.39 is 6.29 Å². The number of pyridine rings is 1. The molecule has 218 valence electrons. The average molecular weight is 585 g/mol. The molecule has 1 aliphatic heterocycles. The summed E-state index contributed by atoms with van der Waals surface area (Å²) in [5, 5.41) is 21.8. The molecular weight excluding hydrogens is 548 g/mol. The van der Waals surface area contributed by atoms with Gasteiger partial charge in [-0.25, -0.2) is 0 Å². The van der Waals surface area contributed by atoms with Crippen LogP contribution in [0.15, 0.2) is 97.3 Å². The van der Waals surface area contributed by atoms with Gasteiger partial charge in [0.15, 0.2) is 6.29 Å². The van der Waals surface area contributed by atoms with Crippen LogP contribution in [0.4, 0.5) is 0 Å². The summed E-state index contributed by atoms with van der Waals surface area (Å²) in [6, 6.07) is 27.7. The second kappa shape index (κ2) is 14.6. The van der Waals surface area contributed by atoms with E-state index in [4.69, 9.17) is 9.47 Å². The third-order valence-electron chi connectivity index (χ3n) is 7.44. The van der Waals surface area contributed by atoms with Crippen molar-refractivity contribution in [3.63, 3.8) is 0 Å². The largest absolute Gasteiger partial charge is 0.396 e. The van der Waals surface area contributed by atoms with Crippen molar-refractivity contribution in [2.45, 2.75) is 38.6 Å². The zero-order valence-corrected chi connectivity index (χ0v) is 24.4. The number of benzene rings is 3. The number of hydrogen-bond donors (Lipinski definition) is 3. The zero-order chi connectivity index (χ0) is 29.3. The SMILES string of the molecule is C[C@@H]1[C@H](CSCCO)O[C@H](c2cccc(-c3cccc(CNC(=O)c4cccnc4)c3)c2)O[C@@H]1c1ccc(CO)cc1. The Morgan fingerprint density at radius 3 is 2.43 bits per heavy atom. The van der Waals surface area contributed by atoms with Crippen LogP contribution in [0.1, 0.15) is 51.9 Å². The van der Waals surface area contributed by atoms with Crippen LogP contribution in [-0.4, -0.2) is 45.3 Å². The predicted molar refractivity (Wildman–Crippen MR) is 165 cm³/mol. The number of thioether (sulfide) groups is 1. The first-order chi connectivity index (χ1) is 20.6. The summed E-state index contributed by atoms with van der Waals surface area (Å²) in [5.74, 6) is 1.33. The second-order valence-electron chi connectivity index (χ2n) is 10.4. The van der Waals surface area contributed by atoms with Gasteiger partial charge in [-0.15, -0.1) is 0 Å². The lowest BCUT2D eigenvalue weighted by atomic mass is 9.91. The fraction of sp³-hybridized carbons (Fsp3) is 0.294. The van der Waals surface area contributed by atoms with Crippen LogP contribution < -0.4 is 5.32 Å². The lowest BCUT2D eigenvalue weighted by Crippen LogP contribution is -2.38. The molecule has 1 fully saturated rings. The Balaban J connectivity index is 1.35. The molecule has 1 aliphatic rings. The summed E-state index contributed by atoms with van der Waals surface area (Å²) in [6.07, 6.45) is 2.37. The molecular formula is C34H36N2O5S. The van der Waals surface area contributed by atoms with E-state index in [1.807, 2.05) is 48.5 Å². The first kappa shape index (κ1) is 29.9. The van der Waals surface area contributed by atoms with Gasteiger partial charge < -0.3 is 25.0 Å². The fourth-order valence-electron chi connectivity index (χ4n) is 5.08. The second-order valence-corrected chi connectivity index (χ2v) is 11.5. The standard InChI is InChI=1S/C34H36N2O5S/c1-23-31(22-42-16-15-37)40-34(41-32(23)26-12-10-24(21-38)11-13-26)29-8-3-7-28(18-29)27-6-2-5-25(17-27)19-36-33(39)30-9-4-14-35-20-30/h2-14,17-18,20,23,31-32,34,37-38H,15-16,19,21-22H2,1H3,(H,36,39)/t23-,31+,32+,34+/m1/s1. The summed E-state index contributed by atoms with van der Waals surface area (Å²) in [5.41, 5.74) is 6.39. The van der Waals surface area contributed by atoms with Gasteiger partial charge in [0.05, 0.1) is 31.0 Å². The van der Waals surface area contributed by atoms with Crippen molar-refractivity contribution in [2.75, 3.05) is 18.1 Å². The summed E-state index contributed by atoms with van der Waals surface area (Å²) in [4.78, 5) is 16.5. The quantitative estimate of drug-likeness (QED) is 0.195. The number of nitrogens with zero attached hydrogens (tertiary/aromatic N) is 1. The Labute approximate surface area is 250 Å². The highest BCUT2D eigenvalue weighted by Gasteiger charge is 2.38. The number of rotatable bonds is 11. The van der Waals surface area contributed by atoms with Gasteiger partial charge in [-0.1, -0.05) is 67.6 Å². The van der Waals surface area contributed by atoms with E-state index in [-0.39, 0.29) is 37.2 Å². The van der Waals surface area contributed by atoms with E-state index in [9.17, 15) is 15.0 Å². The summed E-state index contributed by atoms with van der Waals surface area (Å²) < 4.78 is 13.1. The molecule has 4 aromatic rings. The van der Waals surface area contributed by atoms with Gasteiger partial charge in [0.25, 0.3) is 5.91 Å². The van der Waals surface area contributed by atoms with Gasteiger partial charge in [0, 0.05) is 41.9 Å². The Morgan fingerprint density at radius 2 is 1.69 bits per heavy atom. The minimum atomic E-state index is -0.564. The zero-order valence-electron chi connectivity index (χ0n) is 23.6. The predicted octanol–water partition coefficient (Wildman–Crippen LogP) is 5.69. The maximum atomic E-state index is 12.5. The lowest BCUT2D eigenvalue weighted by Gasteiger charge is -2.41. The van der Waals surface area contributed by atoms with E-state index >= 15 is 0 Å². The van der Waals surface area contributed by atoms with Crippen molar-refractivity contribution in [1.82, 2.24) is 10.3 Å². The molecule has 0 unspecified atom stereocenters. The van der Waals surface area contributed by atoms with Crippen LogP contribution in [-0.2, 0) is 22.6 Å². The molecule has 4 atom stereocenters. The van der Waals surface area contributed by atoms with Crippen molar-refractivity contribution in [3.05, 3.63) is 125 Å². The molecule has 0 spiro atoms. The average Bonchev–Trinajstić information content (AvgIpc) is 3.05. The summed E-state index contributed by atoms with van der Waals surface area (Å²) >= 11 is 1.67. The molecule has 1 aromatic heterocycles. The van der Waals surface area contributed by atoms with Crippen LogP contribution in [0.3, 0.4) is 0 Å². The van der Waals surface area contributed by atoms with Crippen LogP contribution >= 0.6 is 11.8 Å². The van der Waals surface area contributed by atoms with Gasteiger partial charge >= 0.3 is 0 Å². The van der Waals surface area contributed by atoms with Crippen molar-refractivity contribution >= 4 is 17.7 Å². The van der Waals surface area contributed by atoms with Crippen LogP contribution in [0, 0.1) is 5.92 Å². The first-order valence-corrected chi connectivity index (χ1v) is 15.3. The van der Waals surface area contributed by atoms with Crippen LogP contribution in [0.2, 0.25) is 0 Å². The normalized spacial score (nSPS) is 20.3. The third-order valence-corrected chi connectivity index (χ3v) is 8.47. The minimum absolute atomic E-state index is 0.00160. The molecule has 0 saturated carbocycles. The Kier molecular flexibility index (Phi) is 10.4. The van der Waals surface area contributed by atoms with E-state index in [0.29, 0.717) is 17.9 Å². The highest BCUT2D eigenvalue weighted by atomic mass is 32.2. The molecule has 7 nitrogen and oxygen atoms in total. The van der Waals surface area contributed by atoms with Gasteiger partial charge in [0.1, 0.15) is 0 Å². The molecule has 42 heavy (non-hydrogen) atoms. The number of nitrogens with one attached hydrogen (secondary N) is 1.